The van der Waals surface area contributed by atoms with Crippen molar-refractivity contribution in [3.63, 3.8) is 0 Å². The number of halogens is 2. The van der Waals surface area contributed by atoms with Gasteiger partial charge in [-0.3, -0.25) is 4.79 Å². The maximum atomic E-state index is 13.0. The Kier molecular flexibility index (Phi) is 5.53. The van der Waals surface area contributed by atoms with E-state index in [0.717, 1.165) is 0 Å². The van der Waals surface area contributed by atoms with E-state index in [2.05, 4.69) is 10.3 Å². The van der Waals surface area contributed by atoms with Crippen molar-refractivity contribution < 1.29 is 18.3 Å². The van der Waals surface area contributed by atoms with E-state index in [1.165, 1.54) is 25.5 Å². The van der Waals surface area contributed by atoms with Gasteiger partial charge in [0.15, 0.2) is 0 Å². The van der Waals surface area contributed by atoms with Crippen molar-refractivity contribution >= 4 is 17.5 Å². The molecule has 3 rings (SSSR count). The molecule has 0 saturated heterocycles. The van der Waals surface area contributed by atoms with Gasteiger partial charge in [0.05, 0.1) is 23.4 Å². The van der Waals surface area contributed by atoms with E-state index < -0.39 is 0 Å². The van der Waals surface area contributed by atoms with Crippen LogP contribution in [-0.2, 0) is 6.42 Å². The Bertz CT molecular complexity index is 909. The molecule has 0 spiro atoms. The summed E-state index contributed by atoms with van der Waals surface area (Å²) in [6.45, 7) is 0.365. The second-order valence-corrected chi connectivity index (χ2v) is 5.88. The van der Waals surface area contributed by atoms with Gasteiger partial charge in [0.1, 0.15) is 17.8 Å². The summed E-state index contributed by atoms with van der Waals surface area (Å²) in [6.07, 6.45) is 2.00. The largest absolute Gasteiger partial charge is 0.494 e. The smallest absolute Gasteiger partial charge is 0.255 e. The maximum Gasteiger partial charge on any atom is 0.255 e. The molecule has 1 aromatic heterocycles. The molecule has 5 nitrogen and oxygen atoms in total. The molecular formula is C19H16ClFN2O3. The van der Waals surface area contributed by atoms with E-state index in [9.17, 15) is 9.18 Å². The average molecular weight is 375 g/mol. The lowest BCUT2D eigenvalue weighted by Crippen LogP contribution is -2.26. The summed E-state index contributed by atoms with van der Waals surface area (Å²) in [7, 11) is 1.46. The minimum Gasteiger partial charge on any atom is -0.494 e. The van der Waals surface area contributed by atoms with E-state index >= 15 is 0 Å². The molecule has 3 aromatic rings. The van der Waals surface area contributed by atoms with Gasteiger partial charge < -0.3 is 14.5 Å². The minimum absolute atomic E-state index is 0.286. The number of aromatic nitrogens is 1. The summed E-state index contributed by atoms with van der Waals surface area (Å²) >= 11 is 6.02. The van der Waals surface area contributed by atoms with Crippen LogP contribution in [0.25, 0.3) is 11.5 Å². The molecule has 0 aliphatic carbocycles. The number of hydrogen-bond acceptors (Lipinski definition) is 4. The van der Waals surface area contributed by atoms with Crippen molar-refractivity contribution in [2.45, 2.75) is 6.42 Å². The average Bonchev–Trinajstić information content (AvgIpc) is 3.11. The van der Waals surface area contributed by atoms with Crippen LogP contribution in [0, 0.1) is 5.82 Å². The molecule has 0 fully saturated rings. The first-order valence-electron chi connectivity index (χ1n) is 7.89. The van der Waals surface area contributed by atoms with Gasteiger partial charge in [0.25, 0.3) is 5.91 Å². The Labute approximate surface area is 154 Å². The third kappa shape index (κ3) is 4.03. The highest BCUT2D eigenvalue weighted by atomic mass is 35.5. The quantitative estimate of drug-likeness (QED) is 0.705. The van der Waals surface area contributed by atoms with E-state index in [-0.39, 0.29) is 11.7 Å². The first-order chi connectivity index (χ1) is 12.6. The lowest BCUT2D eigenvalue weighted by Gasteiger charge is -2.10. The fourth-order valence-corrected chi connectivity index (χ4v) is 2.69. The predicted molar refractivity (Wildman–Crippen MR) is 95.9 cm³/mol. The highest BCUT2D eigenvalue weighted by Crippen LogP contribution is 2.28. The standard InChI is InChI=1S/C19H16ClFN2O3/c1-25-17-15(3-2-4-16(17)20)18(24)22-10-9-14-11-26-19(23-14)12-5-7-13(21)8-6-12/h2-8,11H,9-10H2,1H3,(H,22,24). The summed E-state index contributed by atoms with van der Waals surface area (Å²) < 4.78 is 23.5. The number of hydrogen-bond donors (Lipinski definition) is 1. The predicted octanol–water partition coefficient (Wildman–Crippen LogP) is 4.12. The Morgan fingerprint density at radius 2 is 2.04 bits per heavy atom. The van der Waals surface area contributed by atoms with Crippen LogP contribution < -0.4 is 10.1 Å². The Morgan fingerprint density at radius 3 is 2.77 bits per heavy atom. The summed E-state index contributed by atoms with van der Waals surface area (Å²) in [5.41, 5.74) is 1.74. The van der Waals surface area contributed by atoms with Gasteiger partial charge in [0, 0.05) is 18.5 Å². The molecule has 1 heterocycles. The number of oxazole rings is 1. The normalized spacial score (nSPS) is 10.6. The monoisotopic (exact) mass is 374 g/mol. The van der Waals surface area contributed by atoms with Crippen LogP contribution in [0.4, 0.5) is 4.39 Å². The lowest BCUT2D eigenvalue weighted by atomic mass is 10.2. The first kappa shape index (κ1) is 17.9. The van der Waals surface area contributed by atoms with Crippen molar-refractivity contribution in [3.05, 3.63) is 70.8 Å². The van der Waals surface area contributed by atoms with Crippen LogP contribution in [0.5, 0.6) is 5.75 Å². The second kappa shape index (κ2) is 8.01. The summed E-state index contributed by atoms with van der Waals surface area (Å²) in [6, 6.07) is 10.9. The van der Waals surface area contributed by atoms with Crippen LogP contribution in [0.2, 0.25) is 5.02 Å². The van der Waals surface area contributed by atoms with Crippen molar-refractivity contribution in [1.82, 2.24) is 10.3 Å². The molecule has 26 heavy (non-hydrogen) atoms. The summed E-state index contributed by atoms with van der Waals surface area (Å²) in [5, 5.41) is 3.17. The Hall–Kier alpha value is -2.86. The zero-order valence-corrected chi connectivity index (χ0v) is 14.7. The molecule has 0 atom stereocenters. The van der Waals surface area contributed by atoms with Crippen molar-refractivity contribution in [1.29, 1.82) is 0 Å². The van der Waals surface area contributed by atoms with Crippen molar-refractivity contribution in [3.8, 4) is 17.2 Å². The van der Waals surface area contributed by atoms with Crippen LogP contribution in [0.3, 0.4) is 0 Å². The number of nitrogens with one attached hydrogen (secondary N) is 1. The van der Waals surface area contributed by atoms with Crippen LogP contribution in [-0.4, -0.2) is 24.5 Å². The van der Waals surface area contributed by atoms with Crippen molar-refractivity contribution in [2.75, 3.05) is 13.7 Å². The second-order valence-electron chi connectivity index (χ2n) is 5.48. The highest BCUT2D eigenvalue weighted by Gasteiger charge is 2.14. The highest BCUT2D eigenvalue weighted by molar-refractivity contribution is 6.32. The van der Waals surface area contributed by atoms with E-state index in [4.69, 9.17) is 20.8 Å². The van der Waals surface area contributed by atoms with E-state index in [1.54, 1.807) is 30.3 Å². The third-order valence-corrected chi connectivity index (χ3v) is 4.02. The van der Waals surface area contributed by atoms with Gasteiger partial charge in [-0.25, -0.2) is 9.37 Å². The number of benzene rings is 2. The minimum atomic E-state index is -0.320. The maximum absolute atomic E-state index is 13.0. The van der Waals surface area contributed by atoms with Gasteiger partial charge >= 0.3 is 0 Å². The first-order valence-corrected chi connectivity index (χ1v) is 8.27. The molecule has 1 N–H and O–H groups in total. The lowest BCUT2D eigenvalue weighted by molar-refractivity contribution is 0.0951. The molecule has 0 aliphatic rings. The summed E-state index contributed by atoms with van der Waals surface area (Å²) in [4.78, 5) is 16.6. The summed E-state index contributed by atoms with van der Waals surface area (Å²) in [5.74, 6) is 0.140. The van der Waals surface area contributed by atoms with Crippen LogP contribution in [0.15, 0.2) is 53.1 Å². The topological polar surface area (TPSA) is 64.4 Å². The number of carbonyl (C=O) groups is 1. The fourth-order valence-electron chi connectivity index (χ4n) is 2.44. The number of rotatable bonds is 6. The molecule has 2 aromatic carbocycles. The molecule has 0 bridgehead atoms. The third-order valence-electron chi connectivity index (χ3n) is 3.73. The number of nitrogens with zero attached hydrogens (tertiary/aromatic N) is 1. The van der Waals surface area contributed by atoms with Gasteiger partial charge in [-0.1, -0.05) is 17.7 Å². The fraction of sp³-hybridized carbons (Fsp3) is 0.158. The number of methoxy groups -OCH3 is 1. The molecule has 7 heteroatoms. The van der Waals surface area contributed by atoms with Gasteiger partial charge in [-0.05, 0) is 36.4 Å². The van der Waals surface area contributed by atoms with Gasteiger partial charge in [0.2, 0.25) is 5.89 Å². The number of para-hydroxylation sites is 1. The molecule has 1 amide bonds. The van der Waals surface area contributed by atoms with Crippen LogP contribution in [0.1, 0.15) is 16.1 Å². The number of carbonyl (C=O) groups excluding carboxylic acids is 1. The molecule has 134 valence electrons. The van der Waals surface area contributed by atoms with Crippen molar-refractivity contribution in [2.24, 2.45) is 0 Å². The number of ether oxygens (including phenoxy) is 1. The molecule has 0 aliphatic heterocycles. The SMILES string of the molecule is COc1c(Cl)cccc1C(=O)NCCc1coc(-c2ccc(F)cc2)n1. The van der Waals surface area contributed by atoms with Gasteiger partial charge in [-0.15, -0.1) is 0 Å². The zero-order valence-electron chi connectivity index (χ0n) is 14.0. The zero-order chi connectivity index (χ0) is 18.5. The molecule has 0 unspecified atom stereocenters. The van der Waals surface area contributed by atoms with E-state index in [0.29, 0.717) is 46.4 Å². The molecule has 0 saturated carbocycles. The Balaban J connectivity index is 1.60. The Morgan fingerprint density at radius 1 is 1.27 bits per heavy atom. The molecule has 0 radical (unpaired) electrons. The number of amides is 1. The molecular weight excluding hydrogens is 359 g/mol. The van der Waals surface area contributed by atoms with Gasteiger partial charge in [-0.2, -0.15) is 0 Å². The van der Waals surface area contributed by atoms with E-state index in [1.807, 2.05) is 0 Å². The van der Waals surface area contributed by atoms with Crippen LogP contribution >= 0.6 is 11.6 Å².